The Hall–Kier alpha value is -2.30. The Morgan fingerprint density at radius 2 is 2.04 bits per heavy atom. The van der Waals surface area contributed by atoms with Crippen LogP contribution in [-0.4, -0.2) is 53.3 Å². The van der Waals surface area contributed by atoms with E-state index in [-0.39, 0.29) is 24.8 Å². The number of carbonyl (C=O) groups is 2. The van der Waals surface area contributed by atoms with E-state index < -0.39 is 23.4 Å². The van der Waals surface area contributed by atoms with Crippen LogP contribution < -0.4 is 17.0 Å². The van der Waals surface area contributed by atoms with Crippen LogP contribution in [0, 0.1) is 0 Å². The fourth-order valence-corrected chi connectivity index (χ4v) is 2.06. The Morgan fingerprint density at radius 1 is 1.42 bits per heavy atom. The molecule has 1 aliphatic heterocycles. The number of aliphatic hydroxyl groups excluding tert-OH is 1. The van der Waals surface area contributed by atoms with Crippen molar-refractivity contribution in [1.29, 1.82) is 0 Å². The molecule has 1 aromatic heterocycles. The third kappa shape index (κ3) is 7.30. The summed E-state index contributed by atoms with van der Waals surface area (Å²) in [5.74, 6) is -0.536. The van der Waals surface area contributed by atoms with Crippen LogP contribution in [0.1, 0.15) is 49.7 Å². The zero-order valence-electron chi connectivity index (χ0n) is 15.3. The highest BCUT2D eigenvalue weighted by atomic mass is 16.6. The number of rotatable bonds is 5. The van der Waals surface area contributed by atoms with Gasteiger partial charge in [0.2, 0.25) is 0 Å². The minimum Gasteiger partial charge on any atom is -0.462 e. The van der Waals surface area contributed by atoms with Gasteiger partial charge in [0.1, 0.15) is 12.8 Å². The minimum absolute atomic E-state index is 0.0468. The molecule has 1 fully saturated rings. The van der Waals surface area contributed by atoms with E-state index in [9.17, 15) is 19.2 Å². The van der Waals surface area contributed by atoms with Gasteiger partial charge in [-0.05, 0) is 12.8 Å². The van der Waals surface area contributed by atoms with Gasteiger partial charge in [0.15, 0.2) is 6.29 Å². The number of nitrogens with one attached hydrogen (secondary N) is 1. The van der Waals surface area contributed by atoms with Gasteiger partial charge < -0.3 is 20.3 Å². The first-order valence-electron chi connectivity index (χ1n) is 8.23. The molecule has 2 unspecified atom stereocenters. The number of nitrogens with zero attached hydrogens (tertiary/aromatic N) is 1. The fourth-order valence-electron chi connectivity index (χ4n) is 2.06. The lowest BCUT2D eigenvalue weighted by molar-refractivity contribution is -0.146. The molecule has 1 aliphatic rings. The van der Waals surface area contributed by atoms with Gasteiger partial charge >= 0.3 is 11.7 Å². The molecule has 4 N–H and O–H groups in total. The molecule has 0 aliphatic carbocycles. The summed E-state index contributed by atoms with van der Waals surface area (Å²) in [4.78, 5) is 46.8. The molecule has 10 nitrogen and oxygen atoms in total. The lowest BCUT2D eigenvalue weighted by Crippen LogP contribution is -2.34. The van der Waals surface area contributed by atoms with E-state index in [1.807, 2.05) is 4.98 Å². The third-order valence-corrected chi connectivity index (χ3v) is 3.11. The van der Waals surface area contributed by atoms with Crippen molar-refractivity contribution in [2.45, 2.75) is 45.4 Å². The fraction of sp³-hybridized carbons (Fsp3) is 0.625. The second kappa shape index (κ2) is 13.0. The van der Waals surface area contributed by atoms with E-state index in [0.29, 0.717) is 19.1 Å². The molecule has 2 atom stereocenters. The van der Waals surface area contributed by atoms with Crippen molar-refractivity contribution in [3.05, 3.63) is 32.6 Å². The smallest absolute Gasteiger partial charge is 0.330 e. The molecule has 0 radical (unpaired) electrons. The van der Waals surface area contributed by atoms with E-state index in [2.05, 4.69) is 13.8 Å². The highest BCUT2D eigenvalue weighted by molar-refractivity contribution is 5.73. The van der Waals surface area contributed by atoms with Crippen molar-refractivity contribution in [1.82, 2.24) is 9.55 Å². The quantitative estimate of drug-likeness (QED) is 0.463. The summed E-state index contributed by atoms with van der Waals surface area (Å²) in [5, 5.41) is 7.00. The van der Waals surface area contributed by atoms with Crippen molar-refractivity contribution >= 4 is 12.3 Å². The zero-order chi connectivity index (χ0) is 20.1. The number of hydrogen-bond acceptors (Lipinski definition) is 8. The molecule has 26 heavy (non-hydrogen) atoms. The predicted molar refractivity (Wildman–Crippen MR) is 94.0 cm³/mol. The van der Waals surface area contributed by atoms with Gasteiger partial charge in [-0.2, -0.15) is 0 Å². The summed E-state index contributed by atoms with van der Waals surface area (Å²) >= 11 is 0. The average Bonchev–Trinajstić information content (AvgIpc) is 3.11. The second-order valence-electron chi connectivity index (χ2n) is 5.25. The second-order valence-corrected chi connectivity index (χ2v) is 5.25. The maximum atomic E-state index is 11.7. The highest BCUT2D eigenvalue weighted by Crippen LogP contribution is 2.27. The van der Waals surface area contributed by atoms with E-state index in [1.54, 1.807) is 0 Å². The number of aliphatic hydroxyl groups is 1. The average molecular weight is 373 g/mol. The SMILES string of the molecule is CCC.CO.NCC(=O)OCC1CCC(n2cc(C=O)c(=O)[nH]c2=O)O1. The van der Waals surface area contributed by atoms with Crippen LogP contribution in [0.5, 0.6) is 0 Å². The number of aromatic nitrogens is 2. The van der Waals surface area contributed by atoms with E-state index in [4.69, 9.17) is 20.3 Å². The van der Waals surface area contributed by atoms with Crippen LogP contribution in [-0.2, 0) is 14.3 Å². The van der Waals surface area contributed by atoms with Gasteiger partial charge in [-0.15, -0.1) is 0 Å². The van der Waals surface area contributed by atoms with Crippen LogP contribution >= 0.6 is 0 Å². The maximum absolute atomic E-state index is 11.7. The maximum Gasteiger partial charge on any atom is 0.330 e. The van der Waals surface area contributed by atoms with E-state index in [1.165, 1.54) is 6.42 Å². The lowest BCUT2D eigenvalue weighted by Gasteiger charge is -2.15. The standard InChI is InChI=1S/C12H15N3O6.C3H8.CH4O/c13-3-10(17)20-6-8-1-2-9(21-8)15-4-7(5-16)11(18)14-12(15)19;1-3-2;1-2/h4-5,8-9H,1-3,6,13H2,(H,14,18,19);3H2,1-2H3;2H,1H3. The Kier molecular flexibility index (Phi) is 11.8. The summed E-state index contributed by atoms with van der Waals surface area (Å²) < 4.78 is 11.6. The van der Waals surface area contributed by atoms with Gasteiger partial charge in [-0.1, -0.05) is 20.3 Å². The highest BCUT2D eigenvalue weighted by Gasteiger charge is 2.28. The number of aromatic amines is 1. The first-order valence-corrected chi connectivity index (χ1v) is 8.23. The minimum atomic E-state index is -0.738. The summed E-state index contributed by atoms with van der Waals surface area (Å²) in [7, 11) is 1.00. The summed E-state index contributed by atoms with van der Waals surface area (Å²) in [6.45, 7) is 4.09. The molecule has 148 valence electrons. The first-order chi connectivity index (χ1) is 12.5. The predicted octanol–water partition coefficient (Wildman–Crippen LogP) is -0.447. The molecular formula is C16H27N3O7. The van der Waals surface area contributed by atoms with Crippen LogP contribution in [0.3, 0.4) is 0 Å². The zero-order valence-corrected chi connectivity index (χ0v) is 15.3. The number of aldehydes is 1. The van der Waals surface area contributed by atoms with Crippen molar-refractivity contribution < 1.29 is 24.2 Å². The molecular weight excluding hydrogens is 346 g/mol. The van der Waals surface area contributed by atoms with Crippen LogP contribution in [0.15, 0.2) is 15.8 Å². The number of ether oxygens (including phenoxy) is 2. The summed E-state index contributed by atoms with van der Waals surface area (Å²) in [5.41, 5.74) is 3.56. The Balaban J connectivity index is 0.00000113. The largest absolute Gasteiger partial charge is 0.462 e. The summed E-state index contributed by atoms with van der Waals surface area (Å²) in [6, 6.07) is 0. The molecule has 10 heteroatoms. The molecule has 0 aromatic carbocycles. The molecule has 0 saturated carbocycles. The van der Waals surface area contributed by atoms with Crippen LogP contribution in [0.4, 0.5) is 0 Å². The number of nitrogens with two attached hydrogens (primary N) is 1. The number of carbonyl (C=O) groups excluding carboxylic acids is 2. The van der Waals surface area contributed by atoms with E-state index >= 15 is 0 Å². The molecule has 1 aromatic rings. The Labute approximate surface area is 150 Å². The monoisotopic (exact) mass is 373 g/mol. The Bertz CT molecular complexity index is 669. The topological polar surface area (TPSA) is 154 Å². The van der Waals surface area contributed by atoms with Gasteiger partial charge in [0.25, 0.3) is 5.56 Å². The van der Waals surface area contributed by atoms with Crippen molar-refractivity contribution in [2.75, 3.05) is 20.3 Å². The van der Waals surface area contributed by atoms with Crippen LogP contribution in [0.25, 0.3) is 0 Å². The van der Waals surface area contributed by atoms with Gasteiger partial charge in [-0.3, -0.25) is 23.9 Å². The summed E-state index contributed by atoms with van der Waals surface area (Å²) in [6.07, 6.45) is 2.87. The molecule has 0 spiro atoms. The molecule has 0 amide bonds. The van der Waals surface area contributed by atoms with Crippen molar-refractivity contribution in [3.63, 3.8) is 0 Å². The molecule has 0 bridgehead atoms. The molecule has 2 rings (SSSR count). The normalized spacial score (nSPS) is 18.0. The van der Waals surface area contributed by atoms with Crippen molar-refractivity contribution in [2.24, 2.45) is 5.73 Å². The number of esters is 1. The van der Waals surface area contributed by atoms with Gasteiger partial charge in [0.05, 0.1) is 18.2 Å². The van der Waals surface area contributed by atoms with Crippen molar-refractivity contribution in [3.8, 4) is 0 Å². The molecule has 1 saturated heterocycles. The first kappa shape index (κ1) is 23.7. The van der Waals surface area contributed by atoms with Crippen LogP contribution in [0.2, 0.25) is 0 Å². The van der Waals surface area contributed by atoms with Gasteiger partial charge in [0, 0.05) is 13.3 Å². The lowest BCUT2D eigenvalue weighted by atomic mass is 10.2. The Morgan fingerprint density at radius 3 is 2.58 bits per heavy atom. The van der Waals surface area contributed by atoms with E-state index in [0.717, 1.165) is 17.9 Å². The molecule has 2 heterocycles. The third-order valence-electron chi connectivity index (χ3n) is 3.11. The van der Waals surface area contributed by atoms with Gasteiger partial charge in [-0.25, -0.2) is 4.79 Å². The number of H-pyrrole nitrogens is 1. The number of hydrogen-bond donors (Lipinski definition) is 3.